The number of fused-ring (bicyclic) bond motifs is 7. The molecule has 5 saturated carbocycles. The van der Waals surface area contributed by atoms with E-state index in [1.165, 1.54) is 51.4 Å². The van der Waals surface area contributed by atoms with Crippen LogP contribution in [0.3, 0.4) is 0 Å². The van der Waals surface area contributed by atoms with Gasteiger partial charge >= 0.3 is 11.9 Å². The topological polar surface area (TPSA) is 102 Å². The maximum absolute atomic E-state index is 13.6. The minimum absolute atomic E-state index is 0.0476. The van der Waals surface area contributed by atoms with Crippen LogP contribution in [0.2, 0.25) is 0 Å². The molecule has 58 heavy (non-hydrogen) atoms. The zero-order valence-electron chi connectivity index (χ0n) is 38.5. The van der Waals surface area contributed by atoms with Crippen LogP contribution in [0.5, 0.6) is 0 Å². The second-order valence-corrected chi connectivity index (χ2v) is 25.4. The Bertz CT molecular complexity index is 1660. The number of nitrogens with one attached hydrogen (secondary N) is 1. The number of hydrogen-bond acceptors (Lipinski definition) is 8. The first kappa shape index (κ1) is 44.6. The maximum atomic E-state index is 13.6. The number of allylic oxidation sites excluding steroid dienone is 2. The summed E-state index contributed by atoms with van der Waals surface area (Å²) >= 11 is 0. The number of carbonyl (C=O) groups is 2. The zero-order valence-corrected chi connectivity index (χ0v) is 39.3. The van der Waals surface area contributed by atoms with Gasteiger partial charge in [0.25, 0.3) is 0 Å². The molecule has 0 aromatic heterocycles. The van der Waals surface area contributed by atoms with Gasteiger partial charge in [-0.1, -0.05) is 60.1 Å². The van der Waals surface area contributed by atoms with Crippen LogP contribution in [0.25, 0.3) is 0 Å². The third kappa shape index (κ3) is 7.28. The molecule has 0 radical (unpaired) electrons. The highest BCUT2D eigenvalue weighted by Crippen LogP contribution is 2.76. The maximum Gasteiger partial charge on any atom is 0.323 e. The van der Waals surface area contributed by atoms with Crippen molar-refractivity contribution in [3.8, 4) is 0 Å². The molecule has 6 aliphatic carbocycles. The van der Waals surface area contributed by atoms with Gasteiger partial charge in [0.1, 0.15) is 0 Å². The minimum Gasteiger partial charge on any atom is -0.462 e. The molecule has 9 atom stereocenters. The number of carbonyl (C=O) groups excluding carboxylic acids is 2. The molecule has 330 valence electrons. The van der Waals surface area contributed by atoms with Gasteiger partial charge in [-0.3, -0.25) is 9.59 Å². The monoisotopic (exact) mass is 827 g/mol. The van der Waals surface area contributed by atoms with Crippen LogP contribution in [-0.2, 0) is 28.9 Å². The Morgan fingerprint density at radius 1 is 0.759 bits per heavy atom. The molecule has 7 aliphatic rings. The first-order valence-corrected chi connectivity index (χ1v) is 25.7. The third-order valence-electron chi connectivity index (χ3n) is 19.1. The van der Waals surface area contributed by atoms with Gasteiger partial charge in [-0.2, -0.15) is 0 Å². The molecule has 1 N–H and O–H groups in total. The van der Waals surface area contributed by atoms with Gasteiger partial charge in [-0.25, -0.2) is 8.42 Å². The Morgan fingerprint density at radius 3 is 1.97 bits per heavy atom. The quantitative estimate of drug-likeness (QED) is 0.132. The summed E-state index contributed by atoms with van der Waals surface area (Å²) in [6.45, 7) is 28.9. The fraction of sp³-hybridized carbons (Fsp3) is 0.918. The molecule has 8 nitrogen and oxygen atoms in total. The van der Waals surface area contributed by atoms with Crippen molar-refractivity contribution in [1.82, 2.24) is 10.2 Å². The Hall–Kier alpha value is -1.45. The first-order valence-electron chi connectivity index (χ1n) is 23.9. The van der Waals surface area contributed by atoms with E-state index < -0.39 is 27.2 Å². The molecule has 0 bridgehead atoms. The normalized spacial score (nSPS) is 40.9. The second kappa shape index (κ2) is 15.7. The number of hydrogen-bond donors (Lipinski definition) is 1. The van der Waals surface area contributed by atoms with Crippen LogP contribution in [0.1, 0.15) is 160 Å². The highest BCUT2D eigenvalue weighted by molar-refractivity contribution is 7.91. The molecule has 0 aromatic carbocycles. The van der Waals surface area contributed by atoms with E-state index in [1.807, 2.05) is 27.7 Å². The fourth-order valence-corrected chi connectivity index (χ4v) is 17.3. The van der Waals surface area contributed by atoms with Crippen LogP contribution in [0.4, 0.5) is 0 Å². The average molecular weight is 827 g/mol. The molecule has 1 heterocycles. The SMILES string of the molecule is CC(C)OC(=O)C1(C(=O)OC(C)C)CCC(C2=CC[C@]3(C)[C@H]4CC[C@@H]5[C@H]6[C@H](C(C)C)CC[C@]6(NCCN6CCS(=O)(=O)CC6)CC[C@@]5(C)[C@]4(C)CC[C@H]3C2(C)C)CC1. The third-order valence-corrected chi connectivity index (χ3v) is 20.7. The molecule has 0 spiro atoms. The van der Waals surface area contributed by atoms with E-state index >= 15 is 0 Å². The van der Waals surface area contributed by atoms with E-state index in [-0.39, 0.29) is 34.0 Å². The Kier molecular flexibility index (Phi) is 12.1. The highest BCUT2D eigenvalue weighted by Gasteiger charge is 2.70. The molecule has 0 aromatic rings. The van der Waals surface area contributed by atoms with Crippen molar-refractivity contribution >= 4 is 21.8 Å². The van der Waals surface area contributed by atoms with E-state index in [0.29, 0.717) is 72.4 Å². The smallest absolute Gasteiger partial charge is 0.323 e. The van der Waals surface area contributed by atoms with Gasteiger partial charge in [-0.15, -0.1) is 0 Å². The zero-order chi connectivity index (χ0) is 42.3. The lowest BCUT2D eigenvalue weighted by molar-refractivity contribution is -0.223. The van der Waals surface area contributed by atoms with Crippen molar-refractivity contribution in [1.29, 1.82) is 0 Å². The van der Waals surface area contributed by atoms with Crippen molar-refractivity contribution in [2.24, 2.45) is 68.5 Å². The lowest BCUT2D eigenvalue weighted by atomic mass is 9.32. The molecule has 6 fully saturated rings. The summed E-state index contributed by atoms with van der Waals surface area (Å²) in [7, 11) is -2.86. The first-order chi connectivity index (χ1) is 27.1. The van der Waals surface area contributed by atoms with Gasteiger partial charge in [0.2, 0.25) is 0 Å². The predicted molar refractivity (Wildman–Crippen MR) is 233 cm³/mol. The van der Waals surface area contributed by atoms with Crippen LogP contribution in [-0.4, -0.2) is 80.7 Å². The highest BCUT2D eigenvalue weighted by atomic mass is 32.2. The molecular weight excluding hydrogens is 745 g/mol. The van der Waals surface area contributed by atoms with Crippen molar-refractivity contribution < 1.29 is 27.5 Å². The number of nitrogens with zero attached hydrogens (tertiary/aromatic N) is 1. The number of esters is 2. The van der Waals surface area contributed by atoms with E-state index in [4.69, 9.17) is 9.47 Å². The van der Waals surface area contributed by atoms with Crippen LogP contribution in [0, 0.1) is 68.5 Å². The van der Waals surface area contributed by atoms with Crippen LogP contribution in [0.15, 0.2) is 11.6 Å². The minimum atomic E-state index is -2.86. The van der Waals surface area contributed by atoms with E-state index in [2.05, 4.69) is 64.8 Å². The summed E-state index contributed by atoms with van der Waals surface area (Å²) in [5.74, 6) is 4.29. The van der Waals surface area contributed by atoms with Crippen LogP contribution >= 0.6 is 0 Å². The van der Waals surface area contributed by atoms with Crippen molar-refractivity contribution in [3.63, 3.8) is 0 Å². The van der Waals surface area contributed by atoms with Crippen molar-refractivity contribution in [2.45, 2.75) is 177 Å². The molecule has 1 aliphatic heterocycles. The lowest BCUT2D eigenvalue weighted by Crippen LogP contribution is -2.68. The number of rotatable bonds is 10. The summed E-state index contributed by atoms with van der Waals surface area (Å²) in [5, 5.41) is 4.27. The second-order valence-electron chi connectivity index (χ2n) is 23.1. The molecule has 7 rings (SSSR count). The number of sulfone groups is 1. The lowest BCUT2D eigenvalue weighted by Gasteiger charge is -2.72. The Labute approximate surface area is 353 Å². The van der Waals surface area contributed by atoms with E-state index in [1.54, 1.807) is 5.57 Å². The average Bonchev–Trinajstić information content (AvgIpc) is 3.52. The van der Waals surface area contributed by atoms with Crippen molar-refractivity contribution in [2.75, 3.05) is 37.7 Å². The summed E-state index contributed by atoms with van der Waals surface area (Å²) in [5.41, 5.74) is 1.43. The summed E-state index contributed by atoms with van der Waals surface area (Å²) < 4.78 is 35.6. The Morgan fingerprint density at radius 2 is 1.38 bits per heavy atom. The van der Waals surface area contributed by atoms with E-state index in [9.17, 15) is 18.0 Å². The van der Waals surface area contributed by atoms with Crippen LogP contribution < -0.4 is 5.32 Å². The predicted octanol–water partition coefficient (Wildman–Crippen LogP) is 9.41. The van der Waals surface area contributed by atoms with Gasteiger partial charge in [-0.05, 0) is 174 Å². The van der Waals surface area contributed by atoms with Crippen molar-refractivity contribution in [3.05, 3.63) is 11.6 Å². The Balaban J connectivity index is 1.10. The van der Waals surface area contributed by atoms with Gasteiger partial charge in [0, 0.05) is 31.7 Å². The fourth-order valence-electron chi connectivity index (χ4n) is 16.0. The van der Waals surface area contributed by atoms with Gasteiger partial charge < -0.3 is 19.7 Å². The molecule has 0 unspecified atom stereocenters. The number of ether oxygens (including phenoxy) is 2. The molecular formula is C49H82N2O6S. The summed E-state index contributed by atoms with van der Waals surface area (Å²) in [4.78, 5) is 29.5. The standard InChI is InChI=1S/C49H82N2O6S/c1-32(2)36-16-23-49(50-26-27-51-28-30-58(54,55)31-29-51)25-24-46(10)38(41(36)49)12-13-40-45(9)19-17-37(44(7,8)39(45)18-20-47(40,46)11)35-14-21-48(22-15-35,42(52)56-33(3)4)43(53)57-34(5)6/h17,32-36,38-41,50H,12-16,18-31H2,1-11H3/t36-,38+,39-,40+,41+,45-,46+,47+,49-/m0/s1. The molecule has 9 heteroatoms. The summed E-state index contributed by atoms with van der Waals surface area (Å²) in [6.07, 6.45) is 16.2. The van der Waals surface area contributed by atoms with E-state index in [0.717, 1.165) is 44.2 Å². The largest absolute Gasteiger partial charge is 0.462 e. The molecule has 0 amide bonds. The van der Waals surface area contributed by atoms with Gasteiger partial charge in [0.05, 0.1) is 23.7 Å². The summed E-state index contributed by atoms with van der Waals surface area (Å²) in [6, 6.07) is 0. The van der Waals surface area contributed by atoms with Gasteiger partial charge in [0.15, 0.2) is 15.3 Å². The molecule has 1 saturated heterocycles.